The van der Waals surface area contributed by atoms with Crippen molar-refractivity contribution in [2.45, 2.75) is 25.3 Å². The number of rotatable bonds is 2. The first-order chi connectivity index (χ1) is 14.4. The fourth-order valence-electron chi connectivity index (χ4n) is 4.38. The molecule has 2 atom stereocenters. The molecule has 1 fully saturated rings. The molecule has 9 heteroatoms. The average molecular weight is 420 g/mol. The highest BCUT2D eigenvalue weighted by atomic mass is 19.4. The van der Waals surface area contributed by atoms with Gasteiger partial charge in [0.05, 0.1) is 12.1 Å². The molecule has 2 aromatic rings. The van der Waals surface area contributed by atoms with E-state index in [4.69, 9.17) is 4.74 Å². The summed E-state index contributed by atoms with van der Waals surface area (Å²) in [5, 5.41) is 9.69. The van der Waals surface area contributed by atoms with Crippen LogP contribution in [0.5, 0.6) is 5.75 Å². The normalized spacial score (nSPS) is 21.1. The van der Waals surface area contributed by atoms with E-state index in [1.165, 1.54) is 24.3 Å². The van der Waals surface area contributed by atoms with Crippen molar-refractivity contribution in [3.8, 4) is 5.75 Å². The van der Waals surface area contributed by atoms with E-state index in [1.54, 1.807) is 30.3 Å². The fraction of sp³-hybridized carbons (Fsp3) is 0.333. The van der Waals surface area contributed by atoms with Crippen LogP contribution in [0.15, 0.2) is 59.6 Å². The molecule has 2 aliphatic rings. The molecule has 0 aliphatic carbocycles. The zero-order valence-electron chi connectivity index (χ0n) is 16.0. The largest absolute Gasteiger partial charge is 0.574 e. The SMILES string of the molecule is O=C(O)N1CCCC1[N+](C1=NCCOc2ccccc21)(c1ccccc1)C(F)(F)F. The first kappa shape index (κ1) is 20.2. The van der Waals surface area contributed by atoms with Gasteiger partial charge in [-0.1, -0.05) is 30.3 Å². The molecule has 0 bridgehead atoms. The molecule has 4 rings (SSSR count). The highest BCUT2D eigenvalue weighted by Gasteiger charge is 2.68. The molecule has 1 N–H and O–H groups in total. The van der Waals surface area contributed by atoms with Crippen LogP contribution in [0.25, 0.3) is 0 Å². The highest BCUT2D eigenvalue weighted by molar-refractivity contribution is 6.09. The second-order valence-electron chi connectivity index (χ2n) is 7.17. The Balaban J connectivity index is 2.06. The number of fused-ring (bicyclic) bond motifs is 1. The van der Waals surface area contributed by atoms with Crippen LogP contribution in [0.3, 0.4) is 0 Å². The van der Waals surface area contributed by atoms with Gasteiger partial charge in [-0.05, 0) is 30.7 Å². The lowest BCUT2D eigenvalue weighted by atomic mass is 10.1. The number of hydrogen-bond acceptors (Lipinski definition) is 3. The lowest BCUT2D eigenvalue weighted by Gasteiger charge is -2.44. The topological polar surface area (TPSA) is 62.1 Å². The molecular formula is C21H21F3N3O3+. The molecule has 1 amide bonds. The standard InChI is InChI=1S/C21H20F3N3O3/c22-21(23,24)27(15-7-2-1-3-8-15,18-11-6-13-26(18)20(28)29)19-16-9-4-5-10-17(16)30-14-12-25-19/h1-5,7-10,18H,6,11-14H2/p+1. The van der Waals surface area contributed by atoms with Gasteiger partial charge in [0.1, 0.15) is 18.0 Å². The van der Waals surface area contributed by atoms with Gasteiger partial charge in [-0.15, -0.1) is 17.7 Å². The molecule has 30 heavy (non-hydrogen) atoms. The maximum absolute atomic E-state index is 15.2. The van der Waals surface area contributed by atoms with Crippen LogP contribution in [-0.4, -0.2) is 54.1 Å². The quantitative estimate of drug-likeness (QED) is 0.577. The number of ether oxygens (including phenoxy) is 1. The molecule has 0 saturated carbocycles. The summed E-state index contributed by atoms with van der Waals surface area (Å²) in [5.41, 5.74) is 0.131. The monoisotopic (exact) mass is 420 g/mol. The van der Waals surface area contributed by atoms with Crippen LogP contribution in [0.4, 0.5) is 23.7 Å². The molecule has 0 spiro atoms. The van der Waals surface area contributed by atoms with E-state index in [9.17, 15) is 9.90 Å². The van der Waals surface area contributed by atoms with Crippen molar-refractivity contribution in [1.29, 1.82) is 0 Å². The van der Waals surface area contributed by atoms with Crippen LogP contribution in [-0.2, 0) is 0 Å². The van der Waals surface area contributed by atoms with Crippen molar-refractivity contribution < 1.29 is 27.8 Å². The van der Waals surface area contributed by atoms with Crippen molar-refractivity contribution in [1.82, 2.24) is 9.38 Å². The molecule has 0 radical (unpaired) electrons. The Morgan fingerprint density at radius 2 is 1.83 bits per heavy atom. The summed E-state index contributed by atoms with van der Waals surface area (Å²) in [6.45, 7) is 0.210. The third-order valence-electron chi connectivity index (χ3n) is 5.55. The number of benzene rings is 2. The number of amides is 1. The maximum atomic E-state index is 15.2. The summed E-state index contributed by atoms with van der Waals surface area (Å²) in [7, 11) is 0. The number of quaternary nitrogens is 1. The van der Waals surface area contributed by atoms with Crippen molar-refractivity contribution in [2.75, 3.05) is 19.7 Å². The third-order valence-corrected chi connectivity index (χ3v) is 5.55. The first-order valence-corrected chi connectivity index (χ1v) is 9.65. The second-order valence-corrected chi connectivity index (χ2v) is 7.17. The van der Waals surface area contributed by atoms with Gasteiger partial charge in [-0.2, -0.15) is 0 Å². The fourth-order valence-corrected chi connectivity index (χ4v) is 4.38. The van der Waals surface area contributed by atoms with Gasteiger partial charge in [0.2, 0.25) is 5.84 Å². The first-order valence-electron chi connectivity index (χ1n) is 9.65. The van der Waals surface area contributed by atoms with Crippen LogP contribution >= 0.6 is 0 Å². The highest BCUT2D eigenvalue weighted by Crippen LogP contribution is 2.46. The van der Waals surface area contributed by atoms with Gasteiger partial charge in [0, 0.05) is 13.0 Å². The summed E-state index contributed by atoms with van der Waals surface area (Å²) < 4.78 is 49.5. The number of hydrogen-bond donors (Lipinski definition) is 1. The summed E-state index contributed by atoms with van der Waals surface area (Å²) in [6.07, 6.45) is -7.23. The molecule has 158 valence electrons. The van der Waals surface area contributed by atoms with E-state index in [-0.39, 0.29) is 43.2 Å². The van der Waals surface area contributed by atoms with Crippen molar-refractivity contribution in [3.05, 3.63) is 60.2 Å². The van der Waals surface area contributed by atoms with Gasteiger partial charge in [0.25, 0.3) is 0 Å². The molecular weight excluding hydrogens is 399 g/mol. The Bertz CT molecular complexity index is 965. The number of nitrogens with zero attached hydrogens (tertiary/aromatic N) is 3. The third kappa shape index (κ3) is 3.09. The van der Waals surface area contributed by atoms with Gasteiger partial charge in [0.15, 0.2) is 6.17 Å². The minimum absolute atomic E-state index is 0.0344. The number of alkyl halides is 3. The Hall–Kier alpha value is -3.07. The van der Waals surface area contributed by atoms with Crippen LogP contribution < -0.4 is 9.22 Å². The van der Waals surface area contributed by atoms with Gasteiger partial charge < -0.3 is 9.84 Å². The van der Waals surface area contributed by atoms with E-state index in [0.29, 0.717) is 12.2 Å². The summed E-state index contributed by atoms with van der Waals surface area (Å²) >= 11 is 0. The average Bonchev–Trinajstić information content (AvgIpc) is 3.11. The minimum atomic E-state index is -4.86. The number of amidine groups is 1. The number of halogens is 3. The Kier molecular flexibility index (Phi) is 5.15. The van der Waals surface area contributed by atoms with Crippen LogP contribution in [0, 0.1) is 0 Å². The van der Waals surface area contributed by atoms with Crippen LogP contribution in [0.2, 0.25) is 0 Å². The summed E-state index contributed by atoms with van der Waals surface area (Å²) in [5.74, 6) is 0.0521. The maximum Gasteiger partial charge on any atom is 0.574 e. The zero-order chi connectivity index (χ0) is 21.4. The van der Waals surface area contributed by atoms with E-state index in [0.717, 1.165) is 4.90 Å². The Morgan fingerprint density at radius 1 is 1.13 bits per heavy atom. The van der Waals surface area contributed by atoms with Crippen molar-refractivity contribution in [3.63, 3.8) is 0 Å². The molecule has 1 saturated heterocycles. The Labute approximate surface area is 171 Å². The number of carboxylic acid groups (broad SMARTS) is 1. The summed E-state index contributed by atoms with van der Waals surface area (Å²) in [6, 6.07) is 13.9. The van der Waals surface area contributed by atoms with Gasteiger partial charge >= 0.3 is 12.4 Å². The van der Waals surface area contributed by atoms with E-state index < -0.39 is 23.0 Å². The number of carbonyl (C=O) groups is 1. The molecule has 0 aromatic heterocycles. The predicted octanol–water partition coefficient (Wildman–Crippen LogP) is 4.45. The lowest BCUT2D eigenvalue weighted by Crippen LogP contribution is -2.72. The van der Waals surface area contributed by atoms with Crippen molar-refractivity contribution >= 4 is 17.6 Å². The van der Waals surface area contributed by atoms with E-state index in [1.807, 2.05) is 0 Å². The lowest BCUT2D eigenvalue weighted by molar-refractivity contribution is -0.231. The van der Waals surface area contributed by atoms with Gasteiger partial charge in [-0.25, -0.2) is 9.79 Å². The second kappa shape index (κ2) is 7.64. The molecule has 2 heterocycles. The zero-order valence-corrected chi connectivity index (χ0v) is 16.0. The summed E-state index contributed by atoms with van der Waals surface area (Å²) in [4.78, 5) is 17.1. The molecule has 2 aliphatic heterocycles. The molecule has 6 nitrogen and oxygen atoms in total. The van der Waals surface area contributed by atoms with Crippen LogP contribution in [0.1, 0.15) is 18.4 Å². The van der Waals surface area contributed by atoms with E-state index >= 15 is 13.2 Å². The molecule has 2 unspecified atom stereocenters. The number of para-hydroxylation sites is 2. The minimum Gasteiger partial charge on any atom is -0.491 e. The van der Waals surface area contributed by atoms with E-state index in [2.05, 4.69) is 4.99 Å². The Morgan fingerprint density at radius 3 is 2.53 bits per heavy atom. The van der Waals surface area contributed by atoms with Gasteiger partial charge in [-0.3, -0.25) is 4.90 Å². The van der Waals surface area contributed by atoms with Crippen molar-refractivity contribution in [2.24, 2.45) is 4.99 Å². The smallest absolute Gasteiger partial charge is 0.491 e. The number of likely N-dealkylation sites (tertiary alicyclic amines) is 1. The number of aliphatic imine (C=N–C) groups is 1. The predicted molar refractivity (Wildman–Crippen MR) is 105 cm³/mol. The molecule has 2 aromatic carbocycles.